The molecule has 1 aliphatic heterocycles. The summed E-state index contributed by atoms with van der Waals surface area (Å²) < 4.78 is 5.36. The van der Waals surface area contributed by atoms with Crippen molar-refractivity contribution in [1.29, 1.82) is 0 Å². The van der Waals surface area contributed by atoms with Gasteiger partial charge < -0.3 is 15.0 Å². The zero-order valence-electron chi connectivity index (χ0n) is 18.8. The third kappa shape index (κ3) is 5.55. The van der Waals surface area contributed by atoms with Crippen LogP contribution in [-0.2, 0) is 11.3 Å². The van der Waals surface area contributed by atoms with Gasteiger partial charge in [0.1, 0.15) is 16.3 Å². The quantitative estimate of drug-likeness (QED) is 0.591. The number of piperidine rings is 1. The second-order valence-electron chi connectivity index (χ2n) is 9.21. The van der Waals surface area contributed by atoms with E-state index in [2.05, 4.69) is 15.2 Å². The Hall–Kier alpha value is -2.71. The van der Waals surface area contributed by atoms with Crippen molar-refractivity contribution in [1.82, 2.24) is 20.2 Å². The topological polar surface area (TPSA) is 87.3 Å². The number of amides is 1. The van der Waals surface area contributed by atoms with Gasteiger partial charge in [-0.15, -0.1) is 11.3 Å². The average Bonchev–Trinajstić information content (AvgIpc) is 3.17. The Labute approximate surface area is 191 Å². The molecule has 8 heteroatoms. The second-order valence-corrected chi connectivity index (χ2v) is 10.2. The highest BCUT2D eigenvalue weighted by Gasteiger charge is 2.25. The van der Waals surface area contributed by atoms with Crippen LogP contribution < -0.4 is 10.9 Å². The van der Waals surface area contributed by atoms with Gasteiger partial charge in [-0.3, -0.25) is 9.69 Å². The summed E-state index contributed by atoms with van der Waals surface area (Å²) in [5.74, 6) is 0.660. The molecule has 1 amide bonds. The minimum atomic E-state index is -0.519. The van der Waals surface area contributed by atoms with E-state index in [9.17, 15) is 9.59 Å². The molecular formula is C24H30N4O3S. The number of carbonyl (C=O) groups excluding carboxylic acids is 1. The van der Waals surface area contributed by atoms with E-state index in [4.69, 9.17) is 9.72 Å². The average molecular weight is 455 g/mol. The summed E-state index contributed by atoms with van der Waals surface area (Å²) in [4.78, 5) is 36.6. The summed E-state index contributed by atoms with van der Waals surface area (Å²) in [5, 5.41) is 3.52. The van der Waals surface area contributed by atoms with E-state index < -0.39 is 11.7 Å². The number of fused-ring (bicyclic) bond motifs is 1. The first-order valence-corrected chi connectivity index (χ1v) is 11.9. The van der Waals surface area contributed by atoms with Crippen molar-refractivity contribution in [2.45, 2.75) is 58.2 Å². The minimum absolute atomic E-state index is 0.108. The van der Waals surface area contributed by atoms with Crippen LogP contribution in [0.25, 0.3) is 20.7 Å². The van der Waals surface area contributed by atoms with Crippen LogP contribution in [0.4, 0.5) is 4.79 Å². The van der Waals surface area contributed by atoms with Crippen molar-refractivity contribution in [3.63, 3.8) is 0 Å². The number of carbonyl (C=O) groups is 1. The van der Waals surface area contributed by atoms with Gasteiger partial charge in [-0.1, -0.05) is 36.8 Å². The van der Waals surface area contributed by atoms with Gasteiger partial charge in [-0.05, 0) is 51.8 Å². The zero-order chi connectivity index (χ0) is 22.7. The Balaban J connectivity index is 1.48. The number of rotatable bonds is 5. The largest absolute Gasteiger partial charge is 0.444 e. The molecule has 32 heavy (non-hydrogen) atoms. The molecule has 0 saturated carbocycles. The van der Waals surface area contributed by atoms with Gasteiger partial charge in [0.2, 0.25) is 0 Å². The van der Waals surface area contributed by atoms with Crippen molar-refractivity contribution >= 4 is 27.6 Å². The summed E-state index contributed by atoms with van der Waals surface area (Å²) in [5.41, 5.74) is 0.457. The van der Waals surface area contributed by atoms with E-state index in [0.717, 1.165) is 41.1 Å². The molecule has 1 unspecified atom stereocenters. The number of hydrogen-bond acceptors (Lipinski definition) is 6. The van der Waals surface area contributed by atoms with Gasteiger partial charge in [0, 0.05) is 17.5 Å². The number of likely N-dealkylation sites (tertiary alicyclic amines) is 1. The van der Waals surface area contributed by atoms with Gasteiger partial charge in [0.25, 0.3) is 5.56 Å². The molecule has 0 bridgehead atoms. The van der Waals surface area contributed by atoms with Crippen molar-refractivity contribution < 1.29 is 9.53 Å². The highest BCUT2D eigenvalue weighted by molar-refractivity contribution is 7.21. The standard InChI is InChI=1S/C24H30N4O3S/c1-24(2,3)31-23(30)25-14-17-11-7-8-12-28(17)15-20-26-21(29)18-13-19(32-22(18)27-20)16-9-5-4-6-10-16/h4-6,9-10,13,17H,7-8,11-12,14-15H2,1-3H3,(H,25,30)(H,26,27,29). The molecule has 1 aromatic carbocycles. The van der Waals surface area contributed by atoms with Crippen LogP contribution in [0.3, 0.4) is 0 Å². The van der Waals surface area contributed by atoms with Crippen LogP contribution >= 0.6 is 11.3 Å². The maximum atomic E-state index is 12.7. The molecule has 1 fully saturated rings. The Kier molecular flexibility index (Phi) is 6.62. The molecule has 170 valence electrons. The first-order valence-electron chi connectivity index (χ1n) is 11.1. The number of aromatic nitrogens is 2. The molecule has 0 aliphatic carbocycles. The fraction of sp³-hybridized carbons (Fsp3) is 0.458. The van der Waals surface area contributed by atoms with Crippen molar-refractivity contribution in [2.75, 3.05) is 13.1 Å². The minimum Gasteiger partial charge on any atom is -0.444 e. The molecule has 1 aliphatic rings. The number of nitrogens with one attached hydrogen (secondary N) is 2. The number of nitrogens with zero attached hydrogens (tertiary/aromatic N) is 2. The van der Waals surface area contributed by atoms with E-state index in [1.165, 1.54) is 11.3 Å². The lowest BCUT2D eigenvalue weighted by Gasteiger charge is -2.35. The third-order valence-corrected chi connectivity index (χ3v) is 6.57. The van der Waals surface area contributed by atoms with Crippen molar-refractivity contribution in [3.05, 3.63) is 52.6 Å². The monoisotopic (exact) mass is 454 g/mol. The lowest BCUT2D eigenvalue weighted by atomic mass is 10.0. The summed E-state index contributed by atoms with van der Waals surface area (Å²) in [6.07, 6.45) is 2.79. The molecule has 3 heterocycles. The lowest BCUT2D eigenvalue weighted by molar-refractivity contribution is 0.0491. The van der Waals surface area contributed by atoms with Crippen LogP contribution in [0.5, 0.6) is 0 Å². The lowest BCUT2D eigenvalue weighted by Crippen LogP contribution is -2.47. The number of H-pyrrole nitrogens is 1. The van der Waals surface area contributed by atoms with Crippen molar-refractivity contribution in [2.24, 2.45) is 0 Å². The van der Waals surface area contributed by atoms with Gasteiger partial charge in [-0.2, -0.15) is 0 Å². The fourth-order valence-electron chi connectivity index (χ4n) is 4.00. The number of benzene rings is 1. The van der Waals surface area contributed by atoms with Gasteiger partial charge >= 0.3 is 6.09 Å². The summed E-state index contributed by atoms with van der Waals surface area (Å²) in [6.45, 7) is 7.52. The maximum absolute atomic E-state index is 12.7. The Bertz CT molecular complexity index is 1130. The van der Waals surface area contributed by atoms with Crippen molar-refractivity contribution in [3.8, 4) is 10.4 Å². The predicted octanol–water partition coefficient (Wildman–Crippen LogP) is 4.53. The van der Waals surface area contributed by atoms with Gasteiger partial charge in [0.15, 0.2) is 0 Å². The number of ether oxygens (including phenoxy) is 1. The molecular weight excluding hydrogens is 424 g/mol. The van der Waals surface area contributed by atoms with Gasteiger partial charge in [-0.25, -0.2) is 9.78 Å². The summed E-state index contributed by atoms with van der Waals surface area (Å²) >= 11 is 1.54. The summed E-state index contributed by atoms with van der Waals surface area (Å²) in [7, 11) is 0. The van der Waals surface area contributed by atoms with E-state index in [1.807, 2.05) is 57.2 Å². The van der Waals surface area contributed by atoms with E-state index >= 15 is 0 Å². The maximum Gasteiger partial charge on any atom is 0.407 e. The predicted molar refractivity (Wildman–Crippen MR) is 128 cm³/mol. The first-order chi connectivity index (χ1) is 15.3. The molecule has 0 radical (unpaired) electrons. The molecule has 3 aromatic rings. The normalized spacial score (nSPS) is 17.4. The van der Waals surface area contributed by atoms with Crippen LogP contribution in [0, 0.1) is 0 Å². The van der Waals surface area contributed by atoms with Crippen LogP contribution in [0.15, 0.2) is 41.2 Å². The van der Waals surface area contributed by atoms with Gasteiger partial charge in [0.05, 0.1) is 11.9 Å². The first kappa shape index (κ1) is 22.5. The zero-order valence-corrected chi connectivity index (χ0v) is 19.6. The van der Waals surface area contributed by atoms with Crippen LogP contribution in [-0.4, -0.2) is 45.7 Å². The molecule has 2 N–H and O–H groups in total. The Morgan fingerprint density at radius 1 is 1.28 bits per heavy atom. The van der Waals surface area contributed by atoms with Crippen LogP contribution in [0.2, 0.25) is 0 Å². The third-order valence-electron chi connectivity index (χ3n) is 5.49. The smallest absolute Gasteiger partial charge is 0.407 e. The van der Waals surface area contributed by atoms with E-state index in [1.54, 1.807) is 0 Å². The number of thiophene rings is 1. The molecule has 1 atom stereocenters. The number of hydrogen-bond donors (Lipinski definition) is 2. The van der Waals surface area contributed by atoms with E-state index in [-0.39, 0.29) is 11.6 Å². The Morgan fingerprint density at radius 2 is 2.06 bits per heavy atom. The SMILES string of the molecule is CC(C)(C)OC(=O)NCC1CCCCN1Cc1nc2sc(-c3ccccc3)cc2c(=O)[nH]1. The molecule has 4 rings (SSSR count). The fourth-order valence-corrected chi connectivity index (χ4v) is 5.06. The molecule has 7 nitrogen and oxygen atoms in total. The number of alkyl carbamates (subject to hydrolysis) is 1. The highest BCUT2D eigenvalue weighted by Crippen LogP contribution is 2.31. The molecule has 0 spiro atoms. The number of aromatic amines is 1. The molecule has 1 saturated heterocycles. The highest BCUT2D eigenvalue weighted by atomic mass is 32.1. The Morgan fingerprint density at radius 3 is 2.81 bits per heavy atom. The molecule has 2 aromatic heterocycles. The van der Waals surface area contributed by atoms with E-state index in [0.29, 0.717) is 24.3 Å². The van der Waals surface area contributed by atoms with Crippen LogP contribution in [0.1, 0.15) is 45.9 Å². The second kappa shape index (κ2) is 9.42. The summed E-state index contributed by atoms with van der Waals surface area (Å²) in [6, 6.07) is 12.1.